The smallest absolute Gasteiger partial charge is 0.244 e. The number of aryl methyl sites for hydroxylation is 1. The molecule has 0 aliphatic carbocycles. The minimum absolute atomic E-state index is 0.0899. The first-order valence-corrected chi connectivity index (χ1v) is 7.21. The molecular weight excluding hydrogens is 286 g/mol. The van der Waals surface area contributed by atoms with Crippen molar-refractivity contribution in [1.29, 1.82) is 0 Å². The molecule has 0 radical (unpaired) electrons. The van der Waals surface area contributed by atoms with Crippen molar-refractivity contribution in [2.45, 2.75) is 25.0 Å². The minimum Gasteiger partial charge on any atom is -0.377 e. The zero-order valence-corrected chi connectivity index (χ0v) is 12.1. The van der Waals surface area contributed by atoms with Crippen molar-refractivity contribution in [3.63, 3.8) is 0 Å². The van der Waals surface area contributed by atoms with Gasteiger partial charge in [0.1, 0.15) is 11.5 Å². The number of aromatic nitrogens is 4. The number of hydrogen-bond donors (Lipinski definition) is 1. The van der Waals surface area contributed by atoms with Crippen molar-refractivity contribution in [1.82, 2.24) is 24.6 Å². The van der Waals surface area contributed by atoms with Gasteiger partial charge in [0.05, 0.1) is 18.4 Å². The minimum atomic E-state index is -3.66. The van der Waals surface area contributed by atoms with Gasteiger partial charge in [0.25, 0.3) is 0 Å². The van der Waals surface area contributed by atoms with Crippen LogP contribution in [0.5, 0.6) is 0 Å². The van der Waals surface area contributed by atoms with Crippen LogP contribution < -0.4 is 4.72 Å². The Hall–Kier alpha value is -1.78. The maximum Gasteiger partial charge on any atom is 0.244 e. The van der Waals surface area contributed by atoms with E-state index >= 15 is 0 Å². The molecule has 2 aromatic rings. The molecule has 0 saturated heterocycles. The molecule has 20 heavy (non-hydrogen) atoms. The Morgan fingerprint density at radius 2 is 2.25 bits per heavy atom. The molecule has 1 N–H and O–H groups in total. The van der Waals surface area contributed by atoms with E-state index in [9.17, 15) is 8.42 Å². The Balaban J connectivity index is 2.07. The lowest BCUT2D eigenvalue weighted by Gasteiger charge is -2.03. The molecule has 0 amide bonds. The molecule has 0 fully saturated rings. The summed E-state index contributed by atoms with van der Waals surface area (Å²) in [4.78, 5) is 4.10. The molecule has 0 aliphatic heterocycles. The monoisotopic (exact) mass is 301 g/mol. The van der Waals surface area contributed by atoms with Crippen LogP contribution in [-0.4, -0.2) is 35.4 Å². The first kappa shape index (κ1) is 14.6. The highest BCUT2D eigenvalue weighted by atomic mass is 32.2. The van der Waals surface area contributed by atoms with Crippen molar-refractivity contribution in [2.75, 3.05) is 7.11 Å². The summed E-state index contributed by atoms with van der Waals surface area (Å²) in [6.07, 6.45) is 1.29. The third-order valence-corrected chi connectivity index (χ3v) is 4.18. The fraction of sp³-hybridized carbons (Fsp3) is 0.500. The molecule has 0 aliphatic rings. The van der Waals surface area contributed by atoms with E-state index in [0.29, 0.717) is 11.5 Å². The third-order valence-electron chi connectivity index (χ3n) is 2.68. The van der Waals surface area contributed by atoms with Crippen LogP contribution in [0.25, 0.3) is 0 Å². The number of nitrogens with one attached hydrogen (secondary N) is 1. The number of rotatable bonds is 6. The van der Waals surface area contributed by atoms with Gasteiger partial charge >= 0.3 is 0 Å². The summed E-state index contributed by atoms with van der Waals surface area (Å²) in [5.74, 6) is 0.529. The number of hydrogen-bond acceptors (Lipinski definition) is 7. The molecule has 2 heterocycles. The zero-order chi connectivity index (χ0) is 14.8. The summed E-state index contributed by atoms with van der Waals surface area (Å²) >= 11 is 0. The van der Waals surface area contributed by atoms with Crippen molar-refractivity contribution in [3.8, 4) is 0 Å². The standard InChI is InChI=1S/C10H15N5O4S/c1-7-8(4-11-15(7)2)20(16,17)12-5-10-13-9(6-18-3)14-19-10/h4,12H,5-6H2,1-3H3. The summed E-state index contributed by atoms with van der Waals surface area (Å²) in [7, 11) is -0.490. The van der Waals surface area contributed by atoms with E-state index in [2.05, 4.69) is 20.0 Å². The lowest BCUT2D eigenvalue weighted by atomic mass is 10.5. The quantitative estimate of drug-likeness (QED) is 0.782. The van der Waals surface area contributed by atoms with Crippen LogP contribution in [0.1, 0.15) is 17.4 Å². The average Bonchev–Trinajstić information content (AvgIpc) is 2.97. The van der Waals surface area contributed by atoms with Crippen LogP contribution in [0.3, 0.4) is 0 Å². The van der Waals surface area contributed by atoms with Crippen LogP contribution in [0, 0.1) is 6.92 Å². The summed E-state index contributed by atoms with van der Waals surface area (Å²) < 4.78 is 37.8. The summed E-state index contributed by atoms with van der Waals surface area (Å²) in [6.45, 7) is 1.79. The van der Waals surface area contributed by atoms with E-state index in [0.717, 1.165) is 0 Å². The molecule has 0 unspecified atom stereocenters. The van der Waals surface area contributed by atoms with Crippen LogP contribution in [0.15, 0.2) is 15.6 Å². The second kappa shape index (κ2) is 5.69. The van der Waals surface area contributed by atoms with Gasteiger partial charge in [-0.2, -0.15) is 10.1 Å². The summed E-state index contributed by atoms with van der Waals surface area (Å²) in [6, 6.07) is 0. The van der Waals surface area contributed by atoms with Gasteiger partial charge in [0, 0.05) is 14.2 Å². The lowest BCUT2D eigenvalue weighted by Crippen LogP contribution is -2.24. The van der Waals surface area contributed by atoms with Crippen molar-refractivity contribution in [2.24, 2.45) is 7.05 Å². The first-order chi connectivity index (χ1) is 9.44. The number of ether oxygens (including phenoxy) is 1. The first-order valence-electron chi connectivity index (χ1n) is 5.72. The zero-order valence-electron chi connectivity index (χ0n) is 11.3. The van der Waals surface area contributed by atoms with Gasteiger partial charge in [0.2, 0.25) is 15.9 Å². The van der Waals surface area contributed by atoms with Crippen LogP contribution in [-0.2, 0) is 35.0 Å². The Morgan fingerprint density at radius 1 is 1.50 bits per heavy atom. The molecule has 0 aromatic carbocycles. The van der Waals surface area contributed by atoms with E-state index in [-0.39, 0.29) is 23.9 Å². The lowest BCUT2D eigenvalue weighted by molar-refractivity contribution is 0.174. The highest BCUT2D eigenvalue weighted by molar-refractivity contribution is 7.89. The summed E-state index contributed by atoms with van der Waals surface area (Å²) in [5.41, 5.74) is 0.545. The highest BCUT2D eigenvalue weighted by Gasteiger charge is 2.20. The van der Waals surface area contributed by atoms with E-state index in [1.807, 2.05) is 0 Å². The molecule has 0 bridgehead atoms. The number of sulfonamides is 1. The number of methoxy groups -OCH3 is 1. The highest BCUT2D eigenvalue weighted by Crippen LogP contribution is 2.13. The van der Waals surface area contributed by atoms with Gasteiger partial charge in [-0.1, -0.05) is 5.16 Å². The molecule has 0 atom stereocenters. The van der Waals surface area contributed by atoms with E-state index in [4.69, 9.17) is 9.26 Å². The predicted octanol–water partition coefficient (Wildman–Crippen LogP) is -0.264. The van der Waals surface area contributed by atoms with Gasteiger partial charge in [0.15, 0.2) is 5.82 Å². The van der Waals surface area contributed by atoms with E-state index in [1.165, 1.54) is 18.0 Å². The van der Waals surface area contributed by atoms with E-state index < -0.39 is 10.0 Å². The molecule has 0 spiro atoms. The van der Waals surface area contributed by atoms with Crippen LogP contribution in [0.4, 0.5) is 0 Å². The van der Waals surface area contributed by atoms with Gasteiger partial charge < -0.3 is 9.26 Å². The molecule has 110 valence electrons. The van der Waals surface area contributed by atoms with Crippen LogP contribution >= 0.6 is 0 Å². The Labute approximate surface area is 116 Å². The molecule has 2 aromatic heterocycles. The Kier molecular flexibility index (Phi) is 4.16. The second-order valence-electron chi connectivity index (χ2n) is 4.08. The number of nitrogens with zero attached hydrogens (tertiary/aromatic N) is 4. The normalized spacial score (nSPS) is 11.9. The molecule has 0 saturated carbocycles. The largest absolute Gasteiger partial charge is 0.377 e. The molecule has 2 rings (SSSR count). The molecule has 10 heteroatoms. The molecule has 9 nitrogen and oxygen atoms in total. The summed E-state index contributed by atoms with van der Waals surface area (Å²) in [5, 5.41) is 7.53. The average molecular weight is 301 g/mol. The third kappa shape index (κ3) is 3.03. The van der Waals surface area contributed by atoms with Gasteiger partial charge in [-0.15, -0.1) is 0 Å². The van der Waals surface area contributed by atoms with E-state index in [1.54, 1.807) is 14.0 Å². The Bertz CT molecular complexity index is 690. The Morgan fingerprint density at radius 3 is 2.85 bits per heavy atom. The predicted molar refractivity (Wildman–Crippen MR) is 67.0 cm³/mol. The van der Waals surface area contributed by atoms with Crippen molar-refractivity contribution in [3.05, 3.63) is 23.6 Å². The van der Waals surface area contributed by atoms with Crippen LogP contribution in [0.2, 0.25) is 0 Å². The topological polar surface area (TPSA) is 112 Å². The van der Waals surface area contributed by atoms with Crippen molar-refractivity contribution < 1.29 is 17.7 Å². The SMILES string of the molecule is COCc1noc(CNS(=O)(=O)c2cnn(C)c2C)n1. The fourth-order valence-corrected chi connectivity index (χ4v) is 2.70. The maximum atomic E-state index is 12.1. The maximum absolute atomic E-state index is 12.1. The second-order valence-corrected chi connectivity index (χ2v) is 5.82. The van der Waals surface area contributed by atoms with Crippen molar-refractivity contribution >= 4 is 10.0 Å². The molecular formula is C10H15N5O4S. The fourth-order valence-electron chi connectivity index (χ4n) is 1.53. The van der Waals surface area contributed by atoms with Gasteiger partial charge in [-0.25, -0.2) is 13.1 Å². The van der Waals surface area contributed by atoms with Gasteiger partial charge in [-0.3, -0.25) is 4.68 Å². The van der Waals surface area contributed by atoms with Gasteiger partial charge in [-0.05, 0) is 6.92 Å².